The second kappa shape index (κ2) is 7.68. The van der Waals surface area contributed by atoms with Gasteiger partial charge in [-0.1, -0.05) is 6.07 Å². The van der Waals surface area contributed by atoms with Crippen molar-refractivity contribution in [3.8, 4) is 0 Å². The van der Waals surface area contributed by atoms with E-state index in [1.807, 2.05) is 5.38 Å². The number of morpholine rings is 1. The van der Waals surface area contributed by atoms with Crippen LogP contribution in [0.1, 0.15) is 21.6 Å². The number of thiazole rings is 1. The van der Waals surface area contributed by atoms with E-state index in [9.17, 15) is 14.9 Å². The van der Waals surface area contributed by atoms with Crippen LogP contribution < -0.4 is 5.32 Å². The molecule has 2 aromatic rings. The molecule has 3 rings (SSSR count). The van der Waals surface area contributed by atoms with Crippen LogP contribution in [0.3, 0.4) is 0 Å². The third-order valence-electron chi connectivity index (χ3n) is 4.01. The molecule has 1 N–H and O–H groups in total. The van der Waals surface area contributed by atoms with Gasteiger partial charge in [0.15, 0.2) is 5.13 Å². The highest BCUT2D eigenvalue weighted by Crippen LogP contribution is 2.23. The molecule has 0 bridgehead atoms. The van der Waals surface area contributed by atoms with Gasteiger partial charge in [-0.25, -0.2) is 4.98 Å². The normalized spacial score (nSPS) is 15.1. The fourth-order valence-corrected chi connectivity index (χ4v) is 3.35. The number of nitro benzene ring substituents is 1. The molecule has 1 saturated heterocycles. The van der Waals surface area contributed by atoms with E-state index in [0.29, 0.717) is 17.2 Å². The average molecular weight is 362 g/mol. The number of nitro groups is 1. The van der Waals surface area contributed by atoms with Gasteiger partial charge in [0.1, 0.15) is 0 Å². The summed E-state index contributed by atoms with van der Waals surface area (Å²) >= 11 is 1.34. The van der Waals surface area contributed by atoms with Crippen LogP contribution in [0.15, 0.2) is 23.6 Å². The van der Waals surface area contributed by atoms with Crippen LogP contribution in [0, 0.1) is 17.0 Å². The summed E-state index contributed by atoms with van der Waals surface area (Å²) in [6.07, 6.45) is 0. The number of hydrogen-bond donors (Lipinski definition) is 1. The van der Waals surface area contributed by atoms with Crippen LogP contribution in [0.4, 0.5) is 10.8 Å². The molecule has 25 heavy (non-hydrogen) atoms. The highest BCUT2D eigenvalue weighted by atomic mass is 32.1. The standard InChI is InChI=1S/C16H18N4O4S/c1-11-13(3-2-4-14(11)20(22)23)15(21)18-16-17-12(10-25-16)9-19-5-7-24-8-6-19/h2-4,10H,5-9H2,1H3,(H,17,18,21). The maximum atomic E-state index is 12.4. The molecule has 0 atom stereocenters. The Hall–Kier alpha value is -2.36. The summed E-state index contributed by atoms with van der Waals surface area (Å²) in [6.45, 7) is 5.46. The van der Waals surface area contributed by atoms with Crippen LogP contribution in [-0.4, -0.2) is 47.0 Å². The molecule has 1 aliphatic rings. The predicted octanol–water partition coefficient (Wildman–Crippen LogP) is 2.44. The minimum atomic E-state index is -0.490. The molecule has 2 heterocycles. The number of carbonyl (C=O) groups is 1. The van der Waals surface area contributed by atoms with E-state index in [4.69, 9.17) is 4.74 Å². The number of anilines is 1. The van der Waals surface area contributed by atoms with Crippen molar-refractivity contribution in [3.05, 3.63) is 50.5 Å². The molecule has 1 fully saturated rings. The number of ether oxygens (including phenoxy) is 1. The first-order valence-corrected chi connectivity index (χ1v) is 8.72. The lowest BCUT2D eigenvalue weighted by Crippen LogP contribution is -2.35. The molecule has 9 heteroatoms. The molecule has 8 nitrogen and oxygen atoms in total. The third-order valence-corrected chi connectivity index (χ3v) is 4.81. The van der Waals surface area contributed by atoms with Crippen molar-refractivity contribution in [2.24, 2.45) is 0 Å². The summed E-state index contributed by atoms with van der Waals surface area (Å²) in [4.78, 5) is 29.6. The van der Waals surface area contributed by atoms with E-state index >= 15 is 0 Å². The van der Waals surface area contributed by atoms with Gasteiger partial charge in [-0.2, -0.15) is 0 Å². The molecule has 1 aromatic carbocycles. The van der Waals surface area contributed by atoms with Gasteiger partial charge in [0.25, 0.3) is 11.6 Å². The summed E-state index contributed by atoms with van der Waals surface area (Å²) in [6, 6.07) is 4.46. The Morgan fingerprint density at radius 1 is 1.44 bits per heavy atom. The highest BCUT2D eigenvalue weighted by Gasteiger charge is 2.19. The first-order valence-electron chi connectivity index (χ1n) is 7.84. The van der Waals surface area contributed by atoms with E-state index in [1.54, 1.807) is 13.0 Å². The SMILES string of the molecule is Cc1c(C(=O)Nc2nc(CN3CCOCC3)cs2)cccc1[N+](=O)[O-]. The summed E-state index contributed by atoms with van der Waals surface area (Å²) in [5, 5.41) is 16.1. The number of amides is 1. The first-order chi connectivity index (χ1) is 12.0. The molecule has 0 saturated carbocycles. The summed E-state index contributed by atoms with van der Waals surface area (Å²) in [5.41, 5.74) is 1.44. The Morgan fingerprint density at radius 3 is 2.92 bits per heavy atom. The van der Waals surface area contributed by atoms with Gasteiger partial charge < -0.3 is 4.74 Å². The molecular formula is C16H18N4O4S. The maximum Gasteiger partial charge on any atom is 0.273 e. The summed E-state index contributed by atoms with van der Waals surface area (Å²) in [5.74, 6) is -0.395. The van der Waals surface area contributed by atoms with Crippen LogP contribution in [0.5, 0.6) is 0 Å². The summed E-state index contributed by atoms with van der Waals surface area (Å²) < 4.78 is 5.32. The second-order valence-electron chi connectivity index (χ2n) is 5.69. The Morgan fingerprint density at radius 2 is 2.20 bits per heavy atom. The Kier molecular flexibility index (Phi) is 5.37. The quantitative estimate of drug-likeness (QED) is 0.648. The van der Waals surface area contributed by atoms with Crippen molar-refractivity contribution in [3.63, 3.8) is 0 Å². The van der Waals surface area contributed by atoms with Crippen LogP contribution in [0.25, 0.3) is 0 Å². The molecule has 132 valence electrons. The number of rotatable bonds is 5. The van der Waals surface area contributed by atoms with Crippen molar-refractivity contribution in [2.45, 2.75) is 13.5 Å². The number of hydrogen-bond acceptors (Lipinski definition) is 7. The Bertz CT molecular complexity index is 786. The Labute approximate surface area is 148 Å². The lowest BCUT2D eigenvalue weighted by molar-refractivity contribution is -0.385. The molecule has 1 aliphatic heterocycles. The van der Waals surface area contributed by atoms with Crippen molar-refractivity contribution >= 4 is 28.1 Å². The van der Waals surface area contributed by atoms with Gasteiger partial charge in [0.05, 0.1) is 23.8 Å². The van der Waals surface area contributed by atoms with Crippen molar-refractivity contribution in [1.82, 2.24) is 9.88 Å². The summed E-state index contributed by atoms with van der Waals surface area (Å²) in [7, 11) is 0. The number of nitrogens with one attached hydrogen (secondary N) is 1. The molecule has 1 aromatic heterocycles. The molecular weight excluding hydrogens is 344 g/mol. The van der Waals surface area contributed by atoms with Crippen molar-refractivity contribution < 1.29 is 14.5 Å². The average Bonchev–Trinajstić information content (AvgIpc) is 3.02. The van der Waals surface area contributed by atoms with Crippen LogP contribution in [-0.2, 0) is 11.3 Å². The Balaban J connectivity index is 1.67. The van der Waals surface area contributed by atoms with Gasteiger partial charge in [0, 0.05) is 42.2 Å². The van der Waals surface area contributed by atoms with Gasteiger partial charge in [-0.05, 0) is 13.0 Å². The molecule has 0 spiro atoms. The smallest absolute Gasteiger partial charge is 0.273 e. The van der Waals surface area contributed by atoms with E-state index in [2.05, 4.69) is 15.2 Å². The van der Waals surface area contributed by atoms with Crippen LogP contribution in [0.2, 0.25) is 0 Å². The third kappa shape index (κ3) is 4.19. The van der Waals surface area contributed by atoms with E-state index in [0.717, 1.165) is 32.0 Å². The van der Waals surface area contributed by atoms with Crippen LogP contribution >= 0.6 is 11.3 Å². The number of benzene rings is 1. The predicted molar refractivity (Wildman–Crippen MR) is 94.0 cm³/mol. The highest BCUT2D eigenvalue weighted by molar-refractivity contribution is 7.14. The van der Waals surface area contributed by atoms with Gasteiger partial charge in [0.2, 0.25) is 0 Å². The fraction of sp³-hybridized carbons (Fsp3) is 0.375. The van der Waals surface area contributed by atoms with Crippen molar-refractivity contribution in [1.29, 1.82) is 0 Å². The molecule has 0 unspecified atom stereocenters. The maximum absolute atomic E-state index is 12.4. The minimum Gasteiger partial charge on any atom is -0.379 e. The number of carbonyl (C=O) groups excluding carboxylic acids is 1. The topological polar surface area (TPSA) is 97.6 Å². The van der Waals surface area contributed by atoms with Gasteiger partial charge in [-0.3, -0.25) is 25.1 Å². The lowest BCUT2D eigenvalue weighted by atomic mass is 10.1. The lowest BCUT2D eigenvalue weighted by Gasteiger charge is -2.25. The molecule has 1 amide bonds. The van der Waals surface area contributed by atoms with Gasteiger partial charge in [-0.15, -0.1) is 11.3 Å². The zero-order valence-corrected chi connectivity index (χ0v) is 14.5. The largest absolute Gasteiger partial charge is 0.379 e. The van der Waals surface area contributed by atoms with E-state index < -0.39 is 10.8 Å². The second-order valence-corrected chi connectivity index (χ2v) is 6.55. The number of nitrogens with zero attached hydrogens (tertiary/aromatic N) is 3. The molecule has 0 aliphatic carbocycles. The monoisotopic (exact) mass is 362 g/mol. The van der Waals surface area contributed by atoms with Crippen molar-refractivity contribution in [2.75, 3.05) is 31.6 Å². The van der Waals surface area contributed by atoms with E-state index in [-0.39, 0.29) is 11.3 Å². The first kappa shape index (κ1) is 17.5. The number of aromatic nitrogens is 1. The van der Waals surface area contributed by atoms with E-state index in [1.165, 1.54) is 23.5 Å². The zero-order valence-electron chi connectivity index (χ0n) is 13.7. The molecule has 0 radical (unpaired) electrons. The minimum absolute atomic E-state index is 0.0696. The zero-order chi connectivity index (χ0) is 17.8. The van der Waals surface area contributed by atoms with Gasteiger partial charge >= 0.3 is 0 Å². The fourth-order valence-electron chi connectivity index (χ4n) is 2.66.